The van der Waals surface area contributed by atoms with Gasteiger partial charge in [-0.2, -0.15) is 5.10 Å². The molecule has 2 N–H and O–H groups in total. The van der Waals surface area contributed by atoms with Crippen LogP contribution in [0.3, 0.4) is 0 Å². The van der Waals surface area contributed by atoms with E-state index < -0.39 is 5.91 Å². The van der Waals surface area contributed by atoms with Gasteiger partial charge in [0.25, 0.3) is 5.91 Å². The second-order valence-corrected chi connectivity index (χ2v) is 8.08. The fraction of sp³-hybridized carbons (Fsp3) is 0.222. The highest BCUT2D eigenvalue weighted by molar-refractivity contribution is 6.11. The highest BCUT2D eigenvalue weighted by Gasteiger charge is 2.13. The van der Waals surface area contributed by atoms with E-state index in [1.807, 2.05) is 30.3 Å². The molecular weight excluding hydrogens is 444 g/mol. The van der Waals surface area contributed by atoms with Crippen LogP contribution in [0.4, 0.5) is 5.69 Å². The molecule has 1 aromatic heterocycles. The van der Waals surface area contributed by atoms with Crippen LogP contribution in [0.15, 0.2) is 65.8 Å². The standard InChI is InChI=1S/C27H28N4O4/c1-5-31-22-9-7-6-8-20(22)21-16-19(11-12-23(21)31)28-26(32)14-17(2)29-30-27(33)18-10-13-24(34-3)25(15-18)35-4/h6-13,15-16H,5,14H2,1-4H3,(H,28,32)(H,30,33)/b29-17-. The molecule has 4 aromatic rings. The molecule has 8 heteroatoms. The van der Waals surface area contributed by atoms with E-state index in [2.05, 4.69) is 39.5 Å². The molecule has 0 radical (unpaired) electrons. The molecule has 0 atom stereocenters. The van der Waals surface area contributed by atoms with Crippen molar-refractivity contribution in [3.8, 4) is 11.5 Å². The number of amides is 2. The zero-order valence-electron chi connectivity index (χ0n) is 20.2. The topological polar surface area (TPSA) is 94.0 Å². The number of ether oxygens (including phenoxy) is 2. The lowest BCUT2D eigenvalue weighted by molar-refractivity contribution is -0.115. The van der Waals surface area contributed by atoms with E-state index in [0.29, 0.717) is 28.5 Å². The quantitative estimate of drug-likeness (QED) is 0.280. The molecule has 3 aromatic carbocycles. The number of fused-ring (bicyclic) bond motifs is 3. The van der Waals surface area contributed by atoms with Crippen LogP contribution < -0.4 is 20.2 Å². The highest BCUT2D eigenvalue weighted by atomic mass is 16.5. The first-order valence-corrected chi connectivity index (χ1v) is 11.3. The number of hydrogen-bond acceptors (Lipinski definition) is 5. The maximum Gasteiger partial charge on any atom is 0.271 e. The molecule has 0 bridgehead atoms. The molecule has 0 saturated carbocycles. The molecule has 180 valence electrons. The van der Waals surface area contributed by atoms with E-state index in [0.717, 1.165) is 22.8 Å². The van der Waals surface area contributed by atoms with E-state index in [1.54, 1.807) is 25.1 Å². The van der Waals surface area contributed by atoms with Crippen molar-refractivity contribution >= 4 is 45.0 Å². The molecule has 8 nitrogen and oxygen atoms in total. The van der Waals surface area contributed by atoms with Gasteiger partial charge in [0.15, 0.2) is 11.5 Å². The number of nitrogens with one attached hydrogen (secondary N) is 2. The van der Waals surface area contributed by atoms with Gasteiger partial charge in [0.1, 0.15) is 0 Å². The third-order valence-electron chi connectivity index (χ3n) is 5.78. The van der Waals surface area contributed by atoms with Gasteiger partial charge in [0.2, 0.25) is 5.91 Å². The number of benzene rings is 3. The summed E-state index contributed by atoms with van der Waals surface area (Å²) in [6.07, 6.45) is 0.0426. The van der Waals surface area contributed by atoms with Gasteiger partial charge in [-0.15, -0.1) is 0 Å². The van der Waals surface area contributed by atoms with Gasteiger partial charge in [0, 0.05) is 45.3 Å². The number of hydrazone groups is 1. The van der Waals surface area contributed by atoms with Crippen molar-refractivity contribution in [3.05, 3.63) is 66.2 Å². The van der Waals surface area contributed by atoms with E-state index in [4.69, 9.17) is 9.47 Å². The minimum Gasteiger partial charge on any atom is -0.493 e. The number of aryl methyl sites for hydroxylation is 1. The Morgan fingerprint density at radius 2 is 1.66 bits per heavy atom. The minimum atomic E-state index is -0.413. The first-order valence-electron chi connectivity index (χ1n) is 11.3. The summed E-state index contributed by atoms with van der Waals surface area (Å²) in [6.45, 7) is 4.67. The molecule has 0 aliphatic carbocycles. The second kappa shape index (κ2) is 10.3. The van der Waals surface area contributed by atoms with Crippen LogP contribution in [0, 0.1) is 0 Å². The average molecular weight is 473 g/mol. The van der Waals surface area contributed by atoms with Crippen molar-refractivity contribution < 1.29 is 19.1 Å². The summed E-state index contributed by atoms with van der Waals surface area (Å²) >= 11 is 0. The van der Waals surface area contributed by atoms with Gasteiger partial charge < -0.3 is 19.4 Å². The van der Waals surface area contributed by atoms with Crippen molar-refractivity contribution in [2.75, 3.05) is 19.5 Å². The van der Waals surface area contributed by atoms with Gasteiger partial charge in [0.05, 0.1) is 20.6 Å². The largest absolute Gasteiger partial charge is 0.493 e. The summed E-state index contributed by atoms with van der Waals surface area (Å²) in [6, 6.07) is 19.0. The maximum absolute atomic E-state index is 12.6. The lowest BCUT2D eigenvalue weighted by Crippen LogP contribution is -2.21. The predicted octanol–water partition coefficient (Wildman–Crippen LogP) is 4.97. The van der Waals surface area contributed by atoms with Crippen molar-refractivity contribution in [3.63, 3.8) is 0 Å². The van der Waals surface area contributed by atoms with Gasteiger partial charge >= 0.3 is 0 Å². The van der Waals surface area contributed by atoms with E-state index >= 15 is 0 Å². The van der Waals surface area contributed by atoms with Crippen LogP contribution in [0.1, 0.15) is 30.6 Å². The van der Waals surface area contributed by atoms with E-state index in [-0.39, 0.29) is 12.3 Å². The van der Waals surface area contributed by atoms with Crippen LogP contribution in [0.5, 0.6) is 11.5 Å². The number of carbonyl (C=O) groups excluding carboxylic acids is 2. The summed E-state index contributed by atoms with van der Waals surface area (Å²) in [4.78, 5) is 25.0. The van der Waals surface area contributed by atoms with Crippen LogP contribution in [-0.2, 0) is 11.3 Å². The molecule has 0 saturated heterocycles. The summed E-state index contributed by atoms with van der Waals surface area (Å²) in [7, 11) is 3.03. The summed E-state index contributed by atoms with van der Waals surface area (Å²) in [5.74, 6) is 0.339. The number of methoxy groups -OCH3 is 2. The van der Waals surface area contributed by atoms with Crippen molar-refractivity contribution in [1.29, 1.82) is 0 Å². The monoisotopic (exact) mass is 472 g/mol. The first-order chi connectivity index (χ1) is 16.9. The normalized spacial score (nSPS) is 11.5. The van der Waals surface area contributed by atoms with Crippen LogP contribution in [0.25, 0.3) is 21.8 Å². The average Bonchev–Trinajstić information content (AvgIpc) is 3.19. The van der Waals surface area contributed by atoms with Crippen LogP contribution >= 0.6 is 0 Å². The van der Waals surface area contributed by atoms with Gasteiger partial charge in [-0.3, -0.25) is 9.59 Å². The van der Waals surface area contributed by atoms with Crippen LogP contribution in [-0.4, -0.2) is 36.3 Å². The van der Waals surface area contributed by atoms with Gasteiger partial charge in [-0.1, -0.05) is 18.2 Å². The molecule has 35 heavy (non-hydrogen) atoms. The molecule has 0 spiro atoms. The number of anilines is 1. The minimum absolute atomic E-state index is 0.0426. The molecule has 0 fully saturated rings. The third kappa shape index (κ3) is 4.96. The Hall–Kier alpha value is -4.33. The summed E-state index contributed by atoms with van der Waals surface area (Å²) in [5.41, 5.74) is 6.32. The molecule has 0 aliphatic heterocycles. The number of aromatic nitrogens is 1. The van der Waals surface area contributed by atoms with Gasteiger partial charge in [-0.05, 0) is 56.3 Å². The fourth-order valence-corrected chi connectivity index (χ4v) is 4.14. The van der Waals surface area contributed by atoms with Crippen molar-refractivity contribution in [2.45, 2.75) is 26.8 Å². The SMILES string of the molecule is CCn1c2ccccc2c2cc(NC(=O)C/C(C)=N\NC(=O)c3ccc(OC)c(OC)c3)ccc21. The molecule has 4 rings (SSSR count). The second-order valence-electron chi connectivity index (χ2n) is 8.08. The Balaban J connectivity index is 1.42. The van der Waals surface area contributed by atoms with E-state index in [9.17, 15) is 9.59 Å². The predicted molar refractivity (Wildman–Crippen MR) is 138 cm³/mol. The Labute approximate surface area is 203 Å². The first kappa shape index (κ1) is 23.8. The zero-order chi connectivity index (χ0) is 24.9. The lowest BCUT2D eigenvalue weighted by atomic mass is 10.1. The number of carbonyl (C=O) groups is 2. The van der Waals surface area contributed by atoms with Crippen LogP contribution in [0.2, 0.25) is 0 Å². The highest BCUT2D eigenvalue weighted by Crippen LogP contribution is 2.31. The zero-order valence-corrected chi connectivity index (χ0v) is 20.2. The van der Waals surface area contributed by atoms with Gasteiger partial charge in [-0.25, -0.2) is 5.43 Å². The lowest BCUT2D eigenvalue weighted by Gasteiger charge is -2.09. The molecule has 0 unspecified atom stereocenters. The Bertz CT molecular complexity index is 1440. The number of rotatable bonds is 8. The summed E-state index contributed by atoms with van der Waals surface area (Å²) in [5, 5.41) is 9.24. The molecule has 0 aliphatic rings. The van der Waals surface area contributed by atoms with E-state index in [1.165, 1.54) is 19.7 Å². The van der Waals surface area contributed by atoms with Crippen molar-refractivity contribution in [1.82, 2.24) is 9.99 Å². The van der Waals surface area contributed by atoms with Crippen molar-refractivity contribution in [2.24, 2.45) is 5.10 Å². The number of hydrogen-bond donors (Lipinski definition) is 2. The maximum atomic E-state index is 12.6. The molecule has 2 amide bonds. The molecule has 1 heterocycles. The summed E-state index contributed by atoms with van der Waals surface area (Å²) < 4.78 is 12.7. The molecular formula is C27H28N4O4. The smallest absolute Gasteiger partial charge is 0.271 e. The number of nitrogens with zero attached hydrogens (tertiary/aromatic N) is 2. The Kier molecular flexibility index (Phi) is 7.01. The fourth-order valence-electron chi connectivity index (χ4n) is 4.14. The third-order valence-corrected chi connectivity index (χ3v) is 5.78. The Morgan fingerprint density at radius 1 is 0.914 bits per heavy atom. The number of para-hydroxylation sites is 1. The Morgan fingerprint density at radius 3 is 2.40 bits per heavy atom.